The summed E-state index contributed by atoms with van der Waals surface area (Å²) in [6.45, 7) is 10.6. The fraction of sp³-hybridized carbons (Fsp3) is 0.643. The van der Waals surface area contributed by atoms with Crippen LogP contribution >= 0.6 is 0 Å². The smallest absolute Gasteiger partial charge is 0.301 e. The first-order chi connectivity index (χ1) is 9.60. The maximum Gasteiger partial charge on any atom is 0.301 e. The van der Waals surface area contributed by atoms with Gasteiger partial charge in [0.2, 0.25) is 0 Å². The van der Waals surface area contributed by atoms with E-state index in [4.69, 9.17) is 10.3 Å². The third-order valence-electron chi connectivity index (χ3n) is 3.57. The summed E-state index contributed by atoms with van der Waals surface area (Å²) in [5.41, 5.74) is 3.01. The van der Waals surface area contributed by atoms with E-state index in [2.05, 4.69) is 29.1 Å². The molecular formula is C14H24N4O2. The Morgan fingerprint density at radius 1 is 1.35 bits per heavy atom. The van der Waals surface area contributed by atoms with Gasteiger partial charge in [-0.2, -0.15) is 0 Å². The van der Waals surface area contributed by atoms with Crippen LogP contribution in [0.2, 0.25) is 0 Å². The second-order valence-corrected chi connectivity index (χ2v) is 5.72. The highest BCUT2D eigenvalue weighted by molar-refractivity contribution is 5.92. The molecule has 0 radical (unpaired) electrons. The summed E-state index contributed by atoms with van der Waals surface area (Å²) in [5.74, 6) is 5.80. The molecule has 1 aromatic rings. The Bertz CT molecular complexity index is 436. The molecule has 1 aliphatic heterocycles. The Morgan fingerprint density at radius 3 is 2.60 bits per heavy atom. The van der Waals surface area contributed by atoms with Crippen LogP contribution in [0.25, 0.3) is 0 Å². The first-order valence-electron chi connectivity index (χ1n) is 7.12. The average molecular weight is 280 g/mol. The number of rotatable bonds is 5. The molecule has 0 spiro atoms. The van der Waals surface area contributed by atoms with Crippen LogP contribution < -0.4 is 11.3 Å². The number of nitrogens with one attached hydrogen (secondary N) is 1. The highest BCUT2D eigenvalue weighted by Gasteiger charge is 2.21. The lowest BCUT2D eigenvalue weighted by atomic mass is 10.1. The van der Waals surface area contributed by atoms with Crippen LogP contribution in [0.1, 0.15) is 30.0 Å². The van der Waals surface area contributed by atoms with Crippen molar-refractivity contribution in [3.8, 4) is 0 Å². The lowest BCUT2D eigenvalue weighted by Gasteiger charge is -2.35. The fourth-order valence-electron chi connectivity index (χ4n) is 2.61. The quantitative estimate of drug-likeness (QED) is 0.471. The van der Waals surface area contributed by atoms with Crippen LogP contribution in [-0.4, -0.2) is 48.4 Å². The van der Waals surface area contributed by atoms with Crippen molar-refractivity contribution in [3.63, 3.8) is 0 Å². The molecule has 6 nitrogen and oxygen atoms in total. The molecule has 1 aliphatic rings. The van der Waals surface area contributed by atoms with Gasteiger partial charge in [0.05, 0.1) is 6.26 Å². The fourth-order valence-corrected chi connectivity index (χ4v) is 2.61. The molecule has 3 N–H and O–H groups in total. The van der Waals surface area contributed by atoms with Crippen LogP contribution in [-0.2, 0) is 6.54 Å². The monoisotopic (exact) mass is 280 g/mol. The minimum atomic E-state index is -0.372. The number of nitrogens with zero attached hydrogens (tertiary/aromatic N) is 2. The number of hydrazine groups is 1. The molecule has 0 bridgehead atoms. The maximum absolute atomic E-state index is 11.6. The van der Waals surface area contributed by atoms with Gasteiger partial charge in [0, 0.05) is 44.8 Å². The lowest BCUT2D eigenvalue weighted by molar-refractivity contribution is 0.0917. The van der Waals surface area contributed by atoms with E-state index in [1.54, 1.807) is 0 Å². The number of nitrogens with two attached hydrogens (primary N) is 1. The largest absolute Gasteiger partial charge is 0.459 e. The van der Waals surface area contributed by atoms with Crippen molar-refractivity contribution >= 4 is 5.91 Å². The summed E-state index contributed by atoms with van der Waals surface area (Å²) in [5, 5.41) is 0. The van der Waals surface area contributed by atoms with Crippen LogP contribution in [0.15, 0.2) is 16.7 Å². The van der Waals surface area contributed by atoms with Gasteiger partial charge in [-0.15, -0.1) is 0 Å². The second-order valence-electron chi connectivity index (χ2n) is 5.72. The molecule has 2 heterocycles. The van der Waals surface area contributed by atoms with Gasteiger partial charge in [-0.1, -0.05) is 13.8 Å². The summed E-state index contributed by atoms with van der Waals surface area (Å²) in [7, 11) is 0. The van der Waals surface area contributed by atoms with Gasteiger partial charge < -0.3 is 9.32 Å². The average Bonchev–Trinajstić information content (AvgIpc) is 2.87. The molecule has 2 rings (SSSR count). The van der Waals surface area contributed by atoms with Crippen molar-refractivity contribution in [3.05, 3.63) is 23.7 Å². The van der Waals surface area contributed by atoms with Gasteiger partial charge in [-0.05, 0) is 12.0 Å². The van der Waals surface area contributed by atoms with E-state index in [9.17, 15) is 4.79 Å². The van der Waals surface area contributed by atoms with E-state index in [-0.39, 0.29) is 5.91 Å². The van der Waals surface area contributed by atoms with Crippen LogP contribution in [0.5, 0.6) is 0 Å². The van der Waals surface area contributed by atoms with Gasteiger partial charge in [0.1, 0.15) is 0 Å². The standard InChI is InChI=1S/C14H24N4O2/c1-11(2)9-17-4-6-18(7-5-17)10-12-3-8-20-13(12)14(19)16-15/h3,8,11H,4-7,9-10,15H2,1-2H3,(H,16,19). The molecule has 0 saturated carbocycles. The van der Waals surface area contributed by atoms with Gasteiger partial charge in [0.15, 0.2) is 5.76 Å². The van der Waals surface area contributed by atoms with E-state index in [1.165, 1.54) is 6.26 Å². The second kappa shape index (κ2) is 6.88. The Hall–Kier alpha value is -1.37. The van der Waals surface area contributed by atoms with Crippen molar-refractivity contribution in [1.29, 1.82) is 0 Å². The summed E-state index contributed by atoms with van der Waals surface area (Å²) in [6, 6.07) is 1.84. The molecule has 0 aromatic carbocycles. The number of carbonyl (C=O) groups excluding carboxylic acids is 1. The molecule has 6 heteroatoms. The summed E-state index contributed by atoms with van der Waals surface area (Å²) < 4.78 is 5.20. The third-order valence-corrected chi connectivity index (χ3v) is 3.57. The minimum Gasteiger partial charge on any atom is -0.459 e. The van der Waals surface area contributed by atoms with E-state index in [1.807, 2.05) is 6.07 Å². The van der Waals surface area contributed by atoms with Crippen LogP contribution in [0.4, 0.5) is 0 Å². The SMILES string of the molecule is CC(C)CN1CCN(Cc2ccoc2C(=O)NN)CC1. The van der Waals surface area contributed by atoms with Crippen molar-refractivity contribution in [2.45, 2.75) is 20.4 Å². The Labute approximate surface area is 119 Å². The number of hydrogen-bond acceptors (Lipinski definition) is 5. The predicted octanol–water partition coefficient (Wildman–Crippen LogP) is 0.657. The molecule has 112 valence electrons. The number of piperazine rings is 1. The zero-order valence-electron chi connectivity index (χ0n) is 12.3. The number of carbonyl (C=O) groups is 1. The Kier molecular flexibility index (Phi) is 5.17. The molecule has 20 heavy (non-hydrogen) atoms. The number of hydrogen-bond donors (Lipinski definition) is 2. The van der Waals surface area contributed by atoms with Gasteiger partial charge in [-0.3, -0.25) is 15.1 Å². The van der Waals surface area contributed by atoms with Gasteiger partial charge in [0.25, 0.3) is 0 Å². The molecule has 0 atom stereocenters. The van der Waals surface area contributed by atoms with Crippen molar-refractivity contribution < 1.29 is 9.21 Å². The summed E-state index contributed by atoms with van der Waals surface area (Å²) in [6.07, 6.45) is 1.54. The number of amides is 1. The van der Waals surface area contributed by atoms with Gasteiger partial charge >= 0.3 is 5.91 Å². The van der Waals surface area contributed by atoms with E-state index >= 15 is 0 Å². The zero-order chi connectivity index (χ0) is 14.5. The topological polar surface area (TPSA) is 74.7 Å². The van der Waals surface area contributed by atoms with Crippen molar-refractivity contribution in [1.82, 2.24) is 15.2 Å². The van der Waals surface area contributed by atoms with Crippen molar-refractivity contribution in [2.75, 3.05) is 32.7 Å². The molecule has 1 amide bonds. The first kappa shape index (κ1) is 15.0. The van der Waals surface area contributed by atoms with E-state index in [0.717, 1.165) is 44.8 Å². The van der Waals surface area contributed by atoms with E-state index in [0.29, 0.717) is 11.7 Å². The Morgan fingerprint density at radius 2 is 2.00 bits per heavy atom. The normalized spacial score (nSPS) is 17.6. The molecule has 1 saturated heterocycles. The minimum absolute atomic E-state index is 0.317. The highest BCUT2D eigenvalue weighted by atomic mass is 16.3. The van der Waals surface area contributed by atoms with Crippen molar-refractivity contribution in [2.24, 2.45) is 11.8 Å². The van der Waals surface area contributed by atoms with Crippen LogP contribution in [0.3, 0.4) is 0 Å². The lowest BCUT2D eigenvalue weighted by Crippen LogP contribution is -2.47. The molecule has 0 aliphatic carbocycles. The van der Waals surface area contributed by atoms with E-state index < -0.39 is 0 Å². The highest BCUT2D eigenvalue weighted by Crippen LogP contribution is 2.15. The third kappa shape index (κ3) is 3.82. The summed E-state index contributed by atoms with van der Waals surface area (Å²) >= 11 is 0. The molecule has 0 unspecified atom stereocenters. The molecular weight excluding hydrogens is 256 g/mol. The van der Waals surface area contributed by atoms with Gasteiger partial charge in [-0.25, -0.2) is 5.84 Å². The molecule has 1 aromatic heterocycles. The van der Waals surface area contributed by atoms with Crippen LogP contribution in [0, 0.1) is 5.92 Å². The number of furan rings is 1. The number of nitrogen functional groups attached to an aromatic ring is 1. The maximum atomic E-state index is 11.6. The first-order valence-corrected chi connectivity index (χ1v) is 7.12. The predicted molar refractivity (Wildman–Crippen MR) is 76.9 cm³/mol. The Balaban J connectivity index is 1.87. The summed E-state index contributed by atoms with van der Waals surface area (Å²) in [4.78, 5) is 16.4. The zero-order valence-corrected chi connectivity index (χ0v) is 12.3. The molecule has 1 fully saturated rings.